The van der Waals surface area contributed by atoms with Crippen LogP contribution in [0.5, 0.6) is 0 Å². The number of carbonyl (C=O) groups excluding carboxylic acids is 1. The van der Waals surface area contributed by atoms with Gasteiger partial charge in [-0.2, -0.15) is 0 Å². The van der Waals surface area contributed by atoms with E-state index in [9.17, 15) is 4.79 Å². The summed E-state index contributed by atoms with van der Waals surface area (Å²) in [6.45, 7) is 0. The molecule has 1 aliphatic carbocycles. The first-order valence-corrected chi connectivity index (χ1v) is 7.69. The summed E-state index contributed by atoms with van der Waals surface area (Å²) < 4.78 is 2.01. The smallest absolute Gasteiger partial charge is 0.160 e. The second-order valence-corrected chi connectivity index (χ2v) is 6.19. The van der Waals surface area contributed by atoms with Crippen LogP contribution in [0.15, 0.2) is 38.9 Å². The van der Waals surface area contributed by atoms with E-state index in [0.717, 1.165) is 45.9 Å². The fourth-order valence-corrected chi connectivity index (χ4v) is 3.16. The lowest BCUT2D eigenvalue weighted by atomic mass is 10.1. The van der Waals surface area contributed by atoms with Crippen molar-refractivity contribution in [2.24, 2.45) is 0 Å². The van der Waals surface area contributed by atoms with E-state index >= 15 is 0 Å². The highest BCUT2D eigenvalue weighted by atomic mass is 79.9. The minimum atomic E-state index is 0.285. The fourth-order valence-electron chi connectivity index (χ4n) is 2.00. The number of allylic oxidation sites excluding steroid dienone is 1. The largest absolute Gasteiger partial charge is 0.360 e. The number of hydrogen-bond donors (Lipinski definition) is 1. The number of Topliss-reactive ketones (excluding diaryl/α,β-unsaturated/α-hetero) is 1. The molecular weight excluding hydrogens is 358 g/mol. The molecule has 1 aliphatic rings. The van der Waals surface area contributed by atoms with Crippen molar-refractivity contribution < 1.29 is 4.79 Å². The van der Waals surface area contributed by atoms with Gasteiger partial charge < -0.3 is 5.32 Å². The zero-order chi connectivity index (χ0) is 13.0. The number of benzene rings is 1. The molecule has 2 rings (SSSR count). The van der Waals surface area contributed by atoms with E-state index in [-0.39, 0.29) is 5.78 Å². The predicted molar refractivity (Wildman–Crippen MR) is 81.6 cm³/mol. The van der Waals surface area contributed by atoms with Gasteiger partial charge >= 0.3 is 0 Å². The quantitative estimate of drug-likeness (QED) is 0.581. The van der Waals surface area contributed by atoms with Crippen LogP contribution in [0.4, 0.5) is 5.69 Å². The summed E-state index contributed by atoms with van der Waals surface area (Å²) in [5.41, 5.74) is 1.89. The van der Waals surface area contributed by atoms with Gasteiger partial charge in [-0.3, -0.25) is 4.79 Å². The van der Waals surface area contributed by atoms with Gasteiger partial charge in [-0.15, -0.1) is 0 Å². The Hall–Kier alpha value is -0.610. The first kappa shape index (κ1) is 13.8. The maximum Gasteiger partial charge on any atom is 0.160 e. The minimum Gasteiger partial charge on any atom is -0.360 e. The Bertz CT molecular complexity index is 483. The van der Waals surface area contributed by atoms with Crippen LogP contribution >= 0.6 is 31.9 Å². The summed E-state index contributed by atoms with van der Waals surface area (Å²) in [4.78, 5) is 11.8. The van der Waals surface area contributed by atoms with Crippen LogP contribution in [-0.2, 0) is 4.79 Å². The zero-order valence-corrected chi connectivity index (χ0v) is 13.2. The van der Waals surface area contributed by atoms with Crippen LogP contribution in [0.3, 0.4) is 0 Å². The molecule has 1 aromatic rings. The molecule has 0 unspecified atom stereocenters. The standard InChI is InChI=1S/C14H15Br2NO/c15-11-6-7-13(12(16)8-11)17-9-10-4-2-1-3-5-14(10)18/h6-9,17H,1-5H2. The highest BCUT2D eigenvalue weighted by Crippen LogP contribution is 2.27. The van der Waals surface area contributed by atoms with E-state index in [4.69, 9.17) is 0 Å². The van der Waals surface area contributed by atoms with Crippen LogP contribution in [0, 0.1) is 0 Å². The van der Waals surface area contributed by atoms with Crippen molar-refractivity contribution >= 4 is 43.3 Å². The van der Waals surface area contributed by atoms with Crippen LogP contribution in [0.2, 0.25) is 0 Å². The molecule has 0 aromatic heterocycles. The molecule has 1 fully saturated rings. The van der Waals surface area contributed by atoms with Crippen molar-refractivity contribution in [2.45, 2.75) is 32.1 Å². The number of ketones is 1. The van der Waals surface area contributed by atoms with Gasteiger partial charge in [0, 0.05) is 27.1 Å². The number of nitrogens with one attached hydrogen (secondary N) is 1. The van der Waals surface area contributed by atoms with Crippen LogP contribution in [-0.4, -0.2) is 5.78 Å². The first-order valence-electron chi connectivity index (χ1n) is 6.10. The molecule has 18 heavy (non-hydrogen) atoms. The third-order valence-electron chi connectivity index (χ3n) is 3.04. The molecular formula is C14H15Br2NO. The van der Waals surface area contributed by atoms with Gasteiger partial charge in [0.15, 0.2) is 5.78 Å². The van der Waals surface area contributed by atoms with Crippen molar-refractivity contribution in [3.63, 3.8) is 0 Å². The van der Waals surface area contributed by atoms with Gasteiger partial charge in [-0.25, -0.2) is 0 Å². The molecule has 0 aliphatic heterocycles. The Kier molecular flexibility index (Phi) is 5.01. The van der Waals surface area contributed by atoms with E-state index < -0.39 is 0 Å². The highest BCUT2D eigenvalue weighted by Gasteiger charge is 2.13. The highest BCUT2D eigenvalue weighted by molar-refractivity contribution is 9.11. The molecule has 0 radical (unpaired) electrons. The Labute approximate surface area is 124 Å². The van der Waals surface area contributed by atoms with Crippen molar-refractivity contribution in [2.75, 3.05) is 5.32 Å². The Morgan fingerprint density at radius 3 is 2.67 bits per heavy atom. The van der Waals surface area contributed by atoms with Gasteiger partial charge in [-0.05, 0) is 53.4 Å². The third-order valence-corrected chi connectivity index (χ3v) is 4.19. The third kappa shape index (κ3) is 3.69. The summed E-state index contributed by atoms with van der Waals surface area (Å²) in [7, 11) is 0. The number of rotatable bonds is 2. The lowest BCUT2D eigenvalue weighted by molar-refractivity contribution is -0.115. The van der Waals surface area contributed by atoms with Gasteiger partial charge in [0.25, 0.3) is 0 Å². The summed E-state index contributed by atoms with van der Waals surface area (Å²) in [5, 5.41) is 3.22. The second-order valence-electron chi connectivity index (χ2n) is 4.42. The van der Waals surface area contributed by atoms with Crippen LogP contribution in [0.1, 0.15) is 32.1 Å². The molecule has 0 bridgehead atoms. The van der Waals surface area contributed by atoms with Gasteiger partial charge in [0.2, 0.25) is 0 Å². The monoisotopic (exact) mass is 371 g/mol. The normalized spacial score (nSPS) is 18.8. The molecule has 0 heterocycles. The second kappa shape index (κ2) is 6.53. The molecule has 0 atom stereocenters. The number of anilines is 1. The SMILES string of the molecule is O=C1CCCCCC1=CNc1ccc(Br)cc1Br. The Morgan fingerprint density at radius 1 is 1.11 bits per heavy atom. The zero-order valence-electron chi connectivity index (χ0n) is 10.0. The van der Waals surface area contributed by atoms with E-state index in [1.54, 1.807) is 0 Å². The van der Waals surface area contributed by atoms with Crippen molar-refractivity contribution in [1.29, 1.82) is 0 Å². The fraction of sp³-hybridized carbons (Fsp3) is 0.357. The molecule has 1 N–H and O–H groups in total. The summed E-state index contributed by atoms with van der Waals surface area (Å²) in [6, 6.07) is 5.93. The number of halogens is 2. The average molecular weight is 373 g/mol. The molecule has 0 spiro atoms. The van der Waals surface area contributed by atoms with E-state index in [1.165, 1.54) is 0 Å². The molecule has 2 nitrogen and oxygen atoms in total. The molecule has 1 saturated carbocycles. The maximum atomic E-state index is 11.8. The Balaban J connectivity index is 2.11. The number of carbonyl (C=O) groups is 1. The summed E-state index contributed by atoms with van der Waals surface area (Å²) in [6.07, 6.45) is 6.74. The van der Waals surface area contributed by atoms with E-state index in [0.29, 0.717) is 6.42 Å². The lowest BCUT2D eigenvalue weighted by Gasteiger charge is -2.07. The van der Waals surface area contributed by atoms with E-state index in [2.05, 4.69) is 37.2 Å². The number of hydrogen-bond acceptors (Lipinski definition) is 2. The van der Waals surface area contributed by atoms with Gasteiger partial charge in [0.1, 0.15) is 0 Å². The minimum absolute atomic E-state index is 0.285. The molecule has 96 valence electrons. The van der Waals surface area contributed by atoms with Crippen molar-refractivity contribution in [3.05, 3.63) is 38.9 Å². The molecule has 0 amide bonds. The van der Waals surface area contributed by atoms with Crippen molar-refractivity contribution in [1.82, 2.24) is 0 Å². The summed E-state index contributed by atoms with van der Waals surface area (Å²) >= 11 is 6.91. The maximum absolute atomic E-state index is 11.8. The molecule has 4 heteroatoms. The predicted octanol–water partition coefficient (Wildman–Crippen LogP) is 5.04. The van der Waals surface area contributed by atoms with Crippen LogP contribution < -0.4 is 5.32 Å². The Morgan fingerprint density at radius 2 is 1.89 bits per heavy atom. The van der Waals surface area contributed by atoms with Crippen LogP contribution in [0.25, 0.3) is 0 Å². The summed E-state index contributed by atoms with van der Waals surface area (Å²) in [5.74, 6) is 0.285. The molecule has 0 saturated heterocycles. The molecule has 1 aromatic carbocycles. The average Bonchev–Trinajstić information content (AvgIpc) is 2.53. The van der Waals surface area contributed by atoms with Crippen molar-refractivity contribution in [3.8, 4) is 0 Å². The van der Waals surface area contributed by atoms with Gasteiger partial charge in [0.05, 0.1) is 5.69 Å². The lowest BCUT2D eigenvalue weighted by Crippen LogP contribution is -2.02. The van der Waals surface area contributed by atoms with Gasteiger partial charge in [-0.1, -0.05) is 22.4 Å². The topological polar surface area (TPSA) is 29.1 Å². The first-order chi connectivity index (χ1) is 8.66. The van der Waals surface area contributed by atoms with E-state index in [1.807, 2.05) is 24.4 Å².